The molecule has 2 N–H and O–H groups in total. The number of nitro groups is 1. The number of benzene rings is 2. The average molecular weight is 599 g/mol. The number of allylic oxidation sites excluding steroid dienone is 2. The number of rotatable bonds is 8. The van der Waals surface area contributed by atoms with Gasteiger partial charge in [-0.25, -0.2) is 9.59 Å². The summed E-state index contributed by atoms with van der Waals surface area (Å²) in [4.78, 5) is 36.7. The van der Waals surface area contributed by atoms with Crippen LogP contribution in [0.4, 0.5) is 32.0 Å². The van der Waals surface area contributed by atoms with Crippen LogP contribution in [0.15, 0.2) is 71.1 Å². The highest BCUT2D eigenvalue weighted by atomic mass is 19.4. The molecule has 0 saturated heterocycles. The van der Waals surface area contributed by atoms with Crippen LogP contribution >= 0.6 is 0 Å². The molecule has 0 spiro atoms. The molecule has 0 saturated carbocycles. The zero-order valence-electron chi connectivity index (χ0n) is 21.8. The molecular weight excluding hydrogens is 576 g/mol. The van der Waals surface area contributed by atoms with Gasteiger partial charge in [0.2, 0.25) is 0 Å². The molecule has 2 aliphatic rings. The number of ether oxygens (including phenoxy) is 2. The number of esters is 2. The van der Waals surface area contributed by atoms with Crippen molar-refractivity contribution in [1.82, 2.24) is 10.6 Å². The summed E-state index contributed by atoms with van der Waals surface area (Å²) in [5, 5.41) is 15.8. The maximum atomic E-state index is 14.3. The van der Waals surface area contributed by atoms with E-state index in [1.807, 2.05) is 18.2 Å². The molecule has 224 valence electrons. The van der Waals surface area contributed by atoms with Crippen molar-refractivity contribution in [2.45, 2.75) is 44.2 Å². The molecule has 4 rings (SSSR count). The monoisotopic (exact) mass is 599 g/mol. The van der Waals surface area contributed by atoms with Gasteiger partial charge in [0.05, 0.1) is 35.2 Å². The van der Waals surface area contributed by atoms with Crippen molar-refractivity contribution in [3.63, 3.8) is 0 Å². The zero-order valence-corrected chi connectivity index (χ0v) is 21.8. The van der Waals surface area contributed by atoms with E-state index in [0.29, 0.717) is 12.6 Å². The van der Waals surface area contributed by atoms with Crippen LogP contribution in [-0.4, -0.2) is 42.4 Å². The second-order valence-corrected chi connectivity index (χ2v) is 9.26. The quantitative estimate of drug-likeness (QED) is 0.183. The Labute approximate surface area is 234 Å². The lowest BCUT2D eigenvalue weighted by molar-refractivity contribution is -0.384. The molecule has 2 aromatic rings. The third-order valence-corrected chi connectivity index (χ3v) is 6.67. The Morgan fingerprint density at radius 2 is 1.57 bits per heavy atom. The van der Waals surface area contributed by atoms with Crippen molar-refractivity contribution in [1.29, 1.82) is 0 Å². The van der Waals surface area contributed by atoms with Gasteiger partial charge in [-0.3, -0.25) is 10.1 Å². The van der Waals surface area contributed by atoms with Crippen LogP contribution in [0.25, 0.3) is 0 Å². The first-order valence-electron chi connectivity index (χ1n) is 12.5. The molecule has 2 unspecified atom stereocenters. The Morgan fingerprint density at radius 3 is 2.17 bits per heavy atom. The Hall–Kier alpha value is -4.40. The van der Waals surface area contributed by atoms with Crippen LogP contribution in [-0.2, 0) is 25.6 Å². The highest BCUT2D eigenvalue weighted by Gasteiger charge is 2.53. The van der Waals surface area contributed by atoms with Crippen LogP contribution < -0.4 is 10.6 Å². The van der Waals surface area contributed by atoms with E-state index in [0.717, 1.165) is 29.3 Å². The topological polar surface area (TPSA) is 120 Å². The van der Waals surface area contributed by atoms with Gasteiger partial charge in [0.15, 0.2) is 0 Å². The lowest BCUT2D eigenvalue weighted by atomic mass is 9.79. The van der Waals surface area contributed by atoms with Crippen molar-refractivity contribution in [3.05, 3.63) is 97.9 Å². The van der Waals surface area contributed by atoms with Gasteiger partial charge in [0.25, 0.3) is 5.69 Å². The maximum Gasteiger partial charge on any atom is 0.431 e. The standard InChI is InChI=1S/C27H23F6N3O6/c1-2-41-24(37)20-19(14-7-5-8-16(12-14)36(39)40)21(23(27(31,32)33)35-22(20)26(28,29)30)25(38)42-11-10-18-17-9-4-3-6-15(17)13-34-18/h3-9,12,18-19,34-35H,2,10-11,13H2,1H3. The van der Waals surface area contributed by atoms with Gasteiger partial charge in [-0.15, -0.1) is 0 Å². The molecule has 2 atom stereocenters. The molecule has 0 amide bonds. The number of nitrogens with one attached hydrogen (secondary N) is 2. The number of alkyl halides is 6. The number of carbonyl (C=O) groups excluding carboxylic acids is 2. The number of carbonyl (C=O) groups is 2. The summed E-state index contributed by atoms with van der Waals surface area (Å²) in [6.45, 7) is 0.864. The van der Waals surface area contributed by atoms with Crippen LogP contribution in [0.5, 0.6) is 0 Å². The van der Waals surface area contributed by atoms with Crippen LogP contribution in [0, 0.1) is 10.1 Å². The first-order valence-corrected chi connectivity index (χ1v) is 12.5. The Bertz CT molecular complexity index is 1470. The fourth-order valence-corrected chi connectivity index (χ4v) is 4.92. The predicted molar refractivity (Wildman–Crippen MR) is 133 cm³/mol. The number of hydrogen-bond acceptors (Lipinski definition) is 8. The van der Waals surface area contributed by atoms with Gasteiger partial charge in [-0.05, 0) is 23.6 Å². The summed E-state index contributed by atoms with van der Waals surface area (Å²) >= 11 is 0. The average Bonchev–Trinajstić information content (AvgIpc) is 3.34. The minimum absolute atomic E-state index is 0.112. The Balaban J connectivity index is 1.81. The van der Waals surface area contributed by atoms with E-state index < -0.39 is 82.1 Å². The fourth-order valence-electron chi connectivity index (χ4n) is 4.92. The van der Waals surface area contributed by atoms with Crippen molar-refractivity contribution in [3.8, 4) is 0 Å². The highest BCUT2D eigenvalue weighted by Crippen LogP contribution is 2.47. The minimum atomic E-state index is -5.56. The lowest BCUT2D eigenvalue weighted by Gasteiger charge is -2.33. The summed E-state index contributed by atoms with van der Waals surface area (Å²) in [5.74, 6) is -5.72. The number of halogens is 6. The number of non-ortho nitro benzene ring substituents is 1. The lowest BCUT2D eigenvalue weighted by Crippen LogP contribution is -2.43. The third-order valence-electron chi connectivity index (χ3n) is 6.67. The van der Waals surface area contributed by atoms with Gasteiger partial charge in [-0.2, -0.15) is 26.3 Å². The molecule has 9 nitrogen and oxygen atoms in total. The van der Waals surface area contributed by atoms with Crippen molar-refractivity contribution >= 4 is 17.6 Å². The number of nitrogens with zero attached hydrogens (tertiary/aromatic N) is 1. The molecular formula is C27H23F6N3O6. The number of dihydropyridines is 1. The fraction of sp³-hybridized carbons (Fsp3) is 0.333. The third kappa shape index (κ3) is 6.25. The van der Waals surface area contributed by atoms with Gasteiger partial charge in [0.1, 0.15) is 11.4 Å². The molecule has 0 aliphatic carbocycles. The van der Waals surface area contributed by atoms with E-state index in [1.54, 1.807) is 6.07 Å². The smallest absolute Gasteiger partial charge is 0.431 e. The molecule has 2 aromatic carbocycles. The number of nitro benzene ring substituents is 1. The van der Waals surface area contributed by atoms with E-state index >= 15 is 0 Å². The van der Waals surface area contributed by atoms with Gasteiger partial charge in [-0.1, -0.05) is 36.4 Å². The first kappa shape index (κ1) is 30.6. The highest BCUT2D eigenvalue weighted by molar-refractivity contribution is 6.00. The number of hydrogen-bond donors (Lipinski definition) is 2. The second-order valence-electron chi connectivity index (χ2n) is 9.26. The molecule has 0 aromatic heterocycles. The molecule has 42 heavy (non-hydrogen) atoms. The summed E-state index contributed by atoms with van der Waals surface area (Å²) < 4.78 is 95.1. The van der Waals surface area contributed by atoms with E-state index in [1.165, 1.54) is 12.2 Å². The molecule has 0 bridgehead atoms. The van der Waals surface area contributed by atoms with E-state index in [-0.39, 0.29) is 12.5 Å². The molecule has 2 aliphatic heterocycles. The molecule has 2 heterocycles. The first-order chi connectivity index (χ1) is 19.7. The summed E-state index contributed by atoms with van der Waals surface area (Å²) in [6.07, 6.45) is -11.0. The normalized spacial score (nSPS) is 18.8. The summed E-state index contributed by atoms with van der Waals surface area (Å²) in [6, 6.07) is 10.6. The van der Waals surface area contributed by atoms with Crippen molar-refractivity contribution in [2.75, 3.05) is 13.2 Å². The largest absolute Gasteiger partial charge is 0.463 e. The Kier molecular flexibility index (Phi) is 8.61. The van der Waals surface area contributed by atoms with Crippen LogP contribution in [0.2, 0.25) is 0 Å². The van der Waals surface area contributed by atoms with Gasteiger partial charge in [0, 0.05) is 31.1 Å². The predicted octanol–water partition coefficient (Wildman–Crippen LogP) is 5.26. The second kappa shape index (κ2) is 11.8. The molecule has 15 heteroatoms. The van der Waals surface area contributed by atoms with E-state index in [4.69, 9.17) is 9.47 Å². The van der Waals surface area contributed by atoms with Gasteiger partial charge >= 0.3 is 24.3 Å². The molecule has 0 fully saturated rings. The SMILES string of the molecule is CCOC(=O)C1=C(C(F)(F)F)NC(C(F)(F)F)=C(C(=O)OCCC2NCc3ccccc32)C1c1cccc([N+](=O)[O-])c1. The molecule has 0 radical (unpaired) electrons. The maximum absolute atomic E-state index is 14.3. The summed E-state index contributed by atoms with van der Waals surface area (Å²) in [5.41, 5.74) is -6.38. The zero-order chi connectivity index (χ0) is 30.8. The van der Waals surface area contributed by atoms with Crippen LogP contribution in [0.1, 0.15) is 42.0 Å². The summed E-state index contributed by atoms with van der Waals surface area (Å²) in [7, 11) is 0. The Morgan fingerprint density at radius 1 is 0.952 bits per heavy atom. The van der Waals surface area contributed by atoms with E-state index in [9.17, 15) is 46.0 Å². The van der Waals surface area contributed by atoms with Crippen molar-refractivity contribution in [2.24, 2.45) is 0 Å². The van der Waals surface area contributed by atoms with E-state index in [2.05, 4.69) is 5.32 Å². The minimum Gasteiger partial charge on any atom is -0.463 e. The number of fused-ring (bicyclic) bond motifs is 1. The van der Waals surface area contributed by atoms with Gasteiger partial charge < -0.3 is 20.1 Å². The van der Waals surface area contributed by atoms with Crippen LogP contribution in [0.3, 0.4) is 0 Å². The van der Waals surface area contributed by atoms with Crippen molar-refractivity contribution < 1.29 is 50.3 Å².